The summed E-state index contributed by atoms with van der Waals surface area (Å²) in [6.45, 7) is 0. The van der Waals surface area contributed by atoms with Gasteiger partial charge in [-0.15, -0.1) is 11.3 Å². The minimum atomic E-state index is -3.00. The average Bonchev–Trinajstić information content (AvgIpc) is 3.35. The van der Waals surface area contributed by atoms with Crippen LogP contribution in [0.25, 0.3) is 27.6 Å². The van der Waals surface area contributed by atoms with E-state index in [-0.39, 0.29) is 17.1 Å². The molecule has 1 aromatic carbocycles. The van der Waals surface area contributed by atoms with Crippen LogP contribution in [0.3, 0.4) is 0 Å². The van der Waals surface area contributed by atoms with E-state index < -0.39 is 9.84 Å². The molecule has 0 atom stereocenters. The molecule has 3 heterocycles. The lowest BCUT2D eigenvalue weighted by Gasteiger charge is -2.28. The van der Waals surface area contributed by atoms with Crippen molar-refractivity contribution >= 4 is 32.1 Å². The number of fused-ring (bicyclic) bond motifs is 1. The standard InChI is InChI=1S/C22H22FN5O2S2/c1-32(29,30)17-8-6-16(7-9-17)25-21-24-11-10-18(26-21)20-19(14-2-4-15(23)5-3-14)27-22-28(20)12-13-31-22/h2-5,10-13,16-17H,6-9H2,1H3,(H,24,25,26). The highest BCUT2D eigenvalue weighted by molar-refractivity contribution is 7.91. The Kier molecular flexibility index (Phi) is 5.42. The molecule has 7 nitrogen and oxygen atoms in total. The van der Waals surface area contributed by atoms with E-state index in [1.165, 1.54) is 29.7 Å². The molecule has 4 aromatic rings. The number of sulfone groups is 1. The van der Waals surface area contributed by atoms with E-state index >= 15 is 0 Å². The molecular formula is C22H22FN5O2S2. The lowest BCUT2D eigenvalue weighted by Crippen LogP contribution is -2.32. The summed E-state index contributed by atoms with van der Waals surface area (Å²) < 4.78 is 39.0. The van der Waals surface area contributed by atoms with Crippen molar-refractivity contribution in [1.29, 1.82) is 0 Å². The summed E-state index contributed by atoms with van der Waals surface area (Å²) in [4.78, 5) is 14.7. The van der Waals surface area contributed by atoms with Crippen LogP contribution >= 0.6 is 11.3 Å². The maximum atomic E-state index is 13.4. The quantitative estimate of drug-likeness (QED) is 0.463. The Bertz CT molecular complexity index is 1360. The number of hydrogen-bond acceptors (Lipinski definition) is 7. The third-order valence-electron chi connectivity index (χ3n) is 5.89. The Balaban J connectivity index is 1.44. The first-order chi connectivity index (χ1) is 15.4. The van der Waals surface area contributed by atoms with Crippen LogP contribution in [0.4, 0.5) is 10.3 Å². The van der Waals surface area contributed by atoms with E-state index in [9.17, 15) is 12.8 Å². The Morgan fingerprint density at radius 1 is 1.09 bits per heavy atom. The highest BCUT2D eigenvalue weighted by Crippen LogP contribution is 2.34. The van der Waals surface area contributed by atoms with Gasteiger partial charge in [0.05, 0.1) is 16.6 Å². The van der Waals surface area contributed by atoms with E-state index in [4.69, 9.17) is 9.97 Å². The highest BCUT2D eigenvalue weighted by atomic mass is 32.2. The number of benzene rings is 1. The molecule has 1 fully saturated rings. The van der Waals surface area contributed by atoms with Crippen molar-refractivity contribution in [2.75, 3.05) is 11.6 Å². The minimum Gasteiger partial charge on any atom is -0.351 e. The topological polar surface area (TPSA) is 89.2 Å². The van der Waals surface area contributed by atoms with Crippen molar-refractivity contribution in [3.05, 3.63) is 53.9 Å². The third kappa shape index (κ3) is 4.12. The van der Waals surface area contributed by atoms with Gasteiger partial charge in [-0.1, -0.05) is 0 Å². The molecule has 10 heteroatoms. The smallest absolute Gasteiger partial charge is 0.223 e. The van der Waals surface area contributed by atoms with E-state index in [2.05, 4.69) is 10.3 Å². The van der Waals surface area contributed by atoms with E-state index in [0.717, 1.165) is 34.8 Å². The van der Waals surface area contributed by atoms with Crippen LogP contribution in [0.15, 0.2) is 48.1 Å². The van der Waals surface area contributed by atoms with Gasteiger partial charge < -0.3 is 5.32 Å². The summed E-state index contributed by atoms with van der Waals surface area (Å²) in [5.74, 6) is 0.205. The van der Waals surface area contributed by atoms with Gasteiger partial charge in [0.2, 0.25) is 5.95 Å². The predicted molar refractivity (Wildman–Crippen MR) is 124 cm³/mol. The summed E-state index contributed by atoms with van der Waals surface area (Å²) in [6.07, 6.45) is 7.75. The molecule has 1 aliphatic carbocycles. The zero-order chi connectivity index (χ0) is 22.3. The molecule has 0 radical (unpaired) electrons. The van der Waals surface area contributed by atoms with Gasteiger partial charge in [-0.05, 0) is 56.0 Å². The van der Waals surface area contributed by atoms with Crippen LogP contribution in [0, 0.1) is 5.82 Å². The Hall–Kier alpha value is -2.85. The number of nitrogens with zero attached hydrogens (tertiary/aromatic N) is 4. The van der Waals surface area contributed by atoms with Gasteiger partial charge in [0.1, 0.15) is 21.3 Å². The SMILES string of the molecule is CS(=O)(=O)C1CCC(Nc2nccc(-c3c(-c4ccc(F)cc4)nc4sccn34)n2)CC1. The molecular weight excluding hydrogens is 449 g/mol. The maximum Gasteiger partial charge on any atom is 0.223 e. The van der Waals surface area contributed by atoms with Gasteiger partial charge in [-0.3, -0.25) is 4.40 Å². The molecule has 1 saturated carbocycles. The lowest BCUT2D eigenvalue weighted by atomic mass is 9.95. The van der Waals surface area contributed by atoms with Crippen LogP contribution < -0.4 is 5.32 Å². The second kappa shape index (κ2) is 8.25. The molecule has 1 aliphatic rings. The fourth-order valence-corrected chi connectivity index (χ4v) is 6.06. The van der Waals surface area contributed by atoms with Gasteiger partial charge in [0.25, 0.3) is 0 Å². The third-order valence-corrected chi connectivity index (χ3v) is 8.33. The summed E-state index contributed by atoms with van der Waals surface area (Å²) >= 11 is 1.52. The van der Waals surface area contributed by atoms with E-state index in [1.54, 1.807) is 18.3 Å². The molecule has 3 aromatic heterocycles. The molecule has 0 aliphatic heterocycles. The second-order valence-corrected chi connectivity index (χ2v) is 11.3. The Morgan fingerprint density at radius 3 is 2.56 bits per heavy atom. The molecule has 0 unspecified atom stereocenters. The number of thiazole rings is 1. The number of halogens is 1. The molecule has 0 spiro atoms. The fourth-order valence-electron chi connectivity index (χ4n) is 4.22. The van der Waals surface area contributed by atoms with Gasteiger partial charge >= 0.3 is 0 Å². The van der Waals surface area contributed by atoms with Gasteiger partial charge in [-0.2, -0.15) is 0 Å². The summed E-state index contributed by atoms with van der Waals surface area (Å²) in [7, 11) is -3.00. The fraction of sp³-hybridized carbons (Fsp3) is 0.318. The monoisotopic (exact) mass is 471 g/mol. The van der Waals surface area contributed by atoms with Gasteiger partial charge in [0, 0.05) is 35.6 Å². The minimum absolute atomic E-state index is 0.131. The predicted octanol–water partition coefficient (Wildman–Crippen LogP) is 4.43. The van der Waals surface area contributed by atoms with Crippen LogP contribution in [0.2, 0.25) is 0 Å². The second-order valence-electron chi connectivity index (χ2n) is 8.08. The van der Waals surface area contributed by atoms with Crippen LogP contribution in [0.5, 0.6) is 0 Å². The average molecular weight is 472 g/mol. The maximum absolute atomic E-state index is 13.4. The van der Waals surface area contributed by atoms with Crippen molar-refractivity contribution in [1.82, 2.24) is 19.4 Å². The number of rotatable bonds is 5. The van der Waals surface area contributed by atoms with Crippen molar-refractivity contribution in [3.8, 4) is 22.6 Å². The largest absolute Gasteiger partial charge is 0.351 e. The molecule has 1 N–H and O–H groups in total. The number of imidazole rings is 1. The van der Waals surface area contributed by atoms with Gasteiger partial charge in [0.15, 0.2) is 4.96 Å². The molecule has 0 bridgehead atoms. The van der Waals surface area contributed by atoms with Crippen molar-refractivity contribution < 1.29 is 12.8 Å². The first-order valence-corrected chi connectivity index (χ1v) is 13.2. The van der Waals surface area contributed by atoms with Crippen LogP contribution in [-0.4, -0.2) is 45.3 Å². The molecule has 32 heavy (non-hydrogen) atoms. The molecule has 0 amide bonds. The Labute approximate surface area is 189 Å². The summed E-state index contributed by atoms with van der Waals surface area (Å²) in [6, 6.07) is 8.24. The van der Waals surface area contributed by atoms with Crippen LogP contribution in [-0.2, 0) is 9.84 Å². The number of anilines is 1. The van der Waals surface area contributed by atoms with Crippen LogP contribution in [0.1, 0.15) is 25.7 Å². The number of aromatic nitrogens is 4. The number of nitrogens with one attached hydrogen (secondary N) is 1. The first-order valence-electron chi connectivity index (χ1n) is 10.4. The normalized spacial score (nSPS) is 19.3. The molecule has 166 valence electrons. The molecule has 0 saturated heterocycles. The summed E-state index contributed by atoms with van der Waals surface area (Å²) in [5.41, 5.74) is 3.07. The van der Waals surface area contributed by atoms with Gasteiger partial charge in [-0.25, -0.2) is 27.8 Å². The van der Waals surface area contributed by atoms with Crippen molar-refractivity contribution in [3.63, 3.8) is 0 Å². The Morgan fingerprint density at radius 2 is 1.84 bits per heavy atom. The van der Waals surface area contributed by atoms with E-state index in [1.807, 2.05) is 22.0 Å². The highest BCUT2D eigenvalue weighted by Gasteiger charge is 2.28. The molecule has 5 rings (SSSR count). The first kappa shape index (κ1) is 21.0. The zero-order valence-corrected chi connectivity index (χ0v) is 19.0. The van der Waals surface area contributed by atoms with E-state index in [0.29, 0.717) is 24.5 Å². The van der Waals surface area contributed by atoms with Crippen molar-refractivity contribution in [2.45, 2.75) is 37.0 Å². The lowest BCUT2D eigenvalue weighted by molar-refractivity contribution is 0.452. The van der Waals surface area contributed by atoms with Crippen molar-refractivity contribution in [2.24, 2.45) is 0 Å². The summed E-state index contributed by atoms with van der Waals surface area (Å²) in [5, 5.41) is 5.07. The number of hydrogen-bond donors (Lipinski definition) is 1. The zero-order valence-electron chi connectivity index (χ0n) is 17.4.